The Morgan fingerprint density at radius 1 is 1.29 bits per heavy atom. The molecule has 13 nitrogen and oxygen atoms in total. The summed E-state index contributed by atoms with van der Waals surface area (Å²) in [5.41, 5.74) is -0.600. The Bertz CT molecular complexity index is 1240. The van der Waals surface area contributed by atoms with Crippen LogP contribution in [0.25, 0.3) is 22.8 Å². The van der Waals surface area contributed by atoms with Crippen molar-refractivity contribution in [2.45, 2.75) is 13.8 Å². The highest BCUT2D eigenvalue weighted by atomic mass is 35.5. The van der Waals surface area contributed by atoms with Gasteiger partial charge in [-0.15, -0.1) is 0 Å². The van der Waals surface area contributed by atoms with Crippen molar-refractivity contribution < 1.29 is 38.2 Å². The maximum Gasteiger partial charge on any atom is 0.524 e. The number of aromatic hydroxyl groups is 1. The number of nitro benzene ring substituents is 1. The van der Waals surface area contributed by atoms with Gasteiger partial charge in [0.25, 0.3) is 11.0 Å². The van der Waals surface area contributed by atoms with E-state index in [9.17, 15) is 25.0 Å². The first-order chi connectivity index (χ1) is 14.3. The normalized spacial score (nSPS) is 11.5. The standard InChI is InChI=1S/C15H11Cl2N4O9P/c1-5-10(13(17)20(23)6(2)11(5)16)14-18-15(29-19-14)7-3-8(21(24)25)12(22)9(4-7)30-31(26,27)28/h3-4,22H,1-2H3,(H2,26,27,28). The van der Waals surface area contributed by atoms with Gasteiger partial charge < -0.3 is 19.4 Å². The molecule has 0 unspecified atom stereocenters. The predicted octanol–water partition coefficient (Wildman–Crippen LogP) is 3.05. The van der Waals surface area contributed by atoms with Crippen molar-refractivity contribution in [1.82, 2.24) is 10.1 Å². The van der Waals surface area contributed by atoms with Crippen LogP contribution in [0.1, 0.15) is 11.3 Å². The molecule has 2 heterocycles. The summed E-state index contributed by atoms with van der Waals surface area (Å²) in [6.45, 7) is 3.02. The molecular formula is C15H11Cl2N4O9P. The minimum absolute atomic E-state index is 0.0437. The first kappa shape index (κ1) is 22.7. The van der Waals surface area contributed by atoms with Crippen LogP contribution < -0.4 is 9.25 Å². The molecule has 3 N–H and O–H groups in total. The van der Waals surface area contributed by atoms with Gasteiger partial charge in [-0.3, -0.25) is 19.9 Å². The number of phenolic OH excluding ortho intramolecular Hbond substituents is 1. The van der Waals surface area contributed by atoms with Crippen LogP contribution in [0.4, 0.5) is 5.69 Å². The van der Waals surface area contributed by atoms with Crippen LogP contribution in [0.2, 0.25) is 10.2 Å². The summed E-state index contributed by atoms with van der Waals surface area (Å²) in [6.07, 6.45) is 0. The molecule has 164 valence electrons. The van der Waals surface area contributed by atoms with Crippen LogP contribution >= 0.6 is 31.0 Å². The molecule has 1 aromatic carbocycles. The summed E-state index contributed by atoms with van der Waals surface area (Å²) in [4.78, 5) is 32.2. The molecule has 0 aliphatic rings. The Morgan fingerprint density at radius 3 is 2.52 bits per heavy atom. The number of benzene rings is 1. The molecule has 0 spiro atoms. The zero-order valence-electron chi connectivity index (χ0n) is 15.4. The lowest BCUT2D eigenvalue weighted by Crippen LogP contribution is -2.33. The molecule has 16 heteroatoms. The predicted molar refractivity (Wildman–Crippen MR) is 105 cm³/mol. The molecule has 0 saturated heterocycles. The fourth-order valence-corrected chi connectivity index (χ4v) is 3.55. The van der Waals surface area contributed by atoms with Crippen LogP contribution in [-0.2, 0) is 4.57 Å². The SMILES string of the molecule is Cc1c(Cl)c(C)[n+]([O-])c(Cl)c1-c1noc(-c2cc(OP(=O)(O)O)c(O)c([N+](=O)[O-])c2)n1. The van der Waals surface area contributed by atoms with Crippen LogP contribution in [0.3, 0.4) is 0 Å². The third-order valence-corrected chi connectivity index (χ3v) is 5.41. The van der Waals surface area contributed by atoms with Crippen LogP contribution in [-0.4, -0.2) is 30.0 Å². The lowest BCUT2D eigenvalue weighted by Gasteiger charge is -2.10. The number of nitro groups is 1. The molecule has 3 rings (SSSR count). The van der Waals surface area contributed by atoms with E-state index in [-0.39, 0.29) is 38.7 Å². The molecule has 31 heavy (non-hydrogen) atoms. The molecule has 2 aromatic heterocycles. The minimum Gasteiger partial charge on any atom is -0.617 e. The molecular weight excluding hydrogens is 482 g/mol. The number of phenols is 1. The van der Waals surface area contributed by atoms with Gasteiger partial charge in [0.15, 0.2) is 5.75 Å². The second-order valence-corrected chi connectivity index (χ2v) is 7.99. The lowest BCUT2D eigenvalue weighted by molar-refractivity contribution is -0.609. The summed E-state index contributed by atoms with van der Waals surface area (Å²) in [5, 5.41) is 36.8. The van der Waals surface area contributed by atoms with Crippen molar-refractivity contribution in [3.63, 3.8) is 0 Å². The number of hydrogen-bond acceptors (Lipinski definition) is 9. The number of hydrogen-bond donors (Lipinski definition) is 3. The van der Waals surface area contributed by atoms with Crippen LogP contribution in [0, 0.1) is 29.2 Å². The van der Waals surface area contributed by atoms with E-state index in [0.717, 1.165) is 12.1 Å². The summed E-state index contributed by atoms with van der Waals surface area (Å²) < 4.78 is 20.8. The van der Waals surface area contributed by atoms with Gasteiger partial charge in [0, 0.05) is 13.0 Å². The largest absolute Gasteiger partial charge is 0.617 e. The highest BCUT2D eigenvalue weighted by Gasteiger charge is 2.29. The topological polar surface area (TPSA) is 196 Å². The van der Waals surface area contributed by atoms with Gasteiger partial charge >= 0.3 is 13.5 Å². The second kappa shape index (κ2) is 7.94. The molecule has 0 radical (unpaired) electrons. The van der Waals surface area contributed by atoms with Gasteiger partial charge in [0.1, 0.15) is 10.6 Å². The Balaban J connectivity index is 2.18. The Kier molecular flexibility index (Phi) is 5.82. The number of pyridine rings is 1. The first-order valence-electron chi connectivity index (χ1n) is 8.00. The van der Waals surface area contributed by atoms with E-state index >= 15 is 0 Å². The molecule has 0 fully saturated rings. The summed E-state index contributed by atoms with van der Waals surface area (Å²) >= 11 is 12.2. The smallest absolute Gasteiger partial charge is 0.524 e. The summed E-state index contributed by atoms with van der Waals surface area (Å²) in [7, 11) is -5.17. The van der Waals surface area contributed by atoms with Crippen molar-refractivity contribution in [2.24, 2.45) is 0 Å². The average molecular weight is 493 g/mol. The van der Waals surface area contributed by atoms with Gasteiger partial charge in [-0.1, -0.05) is 16.8 Å². The van der Waals surface area contributed by atoms with Crippen molar-refractivity contribution in [1.29, 1.82) is 0 Å². The minimum atomic E-state index is -5.17. The highest BCUT2D eigenvalue weighted by Crippen LogP contribution is 2.47. The number of aromatic nitrogens is 3. The third kappa shape index (κ3) is 4.27. The first-order valence-corrected chi connectivity index (χ1v) is 10.3. The fourth-order valence-electron chi connectivity index (χ4n) is 2.63. The fraction of sp³-hybridized carbons (Fsp3) is 0.133. The van der Waals surface area contributed by atoms with Crippen molar-refractivity contribution in [2.75, 3.05) is 0 Å². The number of phosphoric ester groups is 1. The molecule has 0 bridgehead atoms. The Labute approximate surface area is 182 Å². The van der Waals surface area contributed by atoms with Crippen LogP contribution in [0.15, 0.2) is 16.7 Å². The van der Waals surface area contributed by atoms with E-state index in [0.29, 0.717) is 10.3 Å². The van der Waals surface area contributed by atoms with Gasteiger partial charge in [0.2, 0.25) is 17.3 Å². The number of nitrogens with zero attached hydrogens (tertiary/aromatic N) is 4. The zero-order valence-corrected chi connectivity index (χ0v) is 17.8. The maximum atomic E-state index is 12.2. The number of rotatable bonds is 5. The van der Waals surface area contributed by atoms with E-state index in [1.807, 2.05) is 0 Å². The molecule has 0 amide bonds. The zero-order chi connectivity index (χ0) is 23.2. The van der Waals surface area contributed by atoms with Crippen molar-refractivity contribution >= 4 is 36.7 Å². The van der Waals surface area contributed by atoms with Crippen LogP contribution in [0.5, 0.6) is 11.5 Å². The molecule has 0 aliphatic carbocycles. The Morgan fingerprint density at radius 2 is 1.94 bits per heavy atom. The quantitative estimate of drug-likeness (QED) is 0.118. The molecule has 0 saturated carbocycles. The number of phosphoric acid groups is 1. The van der Waals surface area contributed by atoms with Gasteiger partial charge in [0.05, 0.1) is 10.5 Å². The van der Waals surface area contributed by atoms with Crippen molar-refractivity contribution in [3.05, 3.63) is 48.9 Å². The molecule has 0 atom stereocenters. The monoisotopic (exact) mass is 492 g/mol. The highest BCUT2D eigenvalue weighted by molar-refractivity contribution is 7.46. The van der Waals surface area contributed by atoms with E-state index in [1.54, 1.807) is 6.92 Å². The Hall–Kier alpha value is -2.96. The van der Waals surface area contributed by atoms with Gasteiger partial charge in [-0.25, -0.2) is 4.57 Å². The maximum absolute atomic E-state index is 12.2. The van der Waals surface area contributed by atoms with E-state index in [4.69, 9.17) is 37.5 Å². The van der Waals surface area contributed by atoms with Gasteiger partial charge in [-0.05, 0) is 30.2 Å². The van der Waals surface area contributed by atoms with E-state index in [2.05, 4.69) is 14.7 Å². The second-order valence-electron chi connectivity index (χ2n) is 6.09. The average Bonchev–Trinajstić information content (AvgIpc) is 3.15. The van der Waals surface area contributed by atoms with E-state index < -0.39 is 29.9 Å². The molecule has 0 aliphatic heterocycles. The van der Waals surface area contributed by atoms with Crippen molar-refractivity contribution in [3.8, 4) is 34.3 Å². The van der Waals surface area contributed by atoms with Gasteiger partial charge in [-0.2, -0.15) is 9.71 Å². The molecule has 3 aromatic rings. The number of halogens is 2. The van der Waals surface area contributed by atoms with E-state index in [1.165, 1.54) is 6.92 Å². The third-order valence-electron chi connectivity index (χ3n) is 4.08. The lowest BCUT2D eigenvalue weighted by atomic mass is 10.1. The summed E-state index contributed by atoms with van der Waals surface area (Å²) in [6, 6.07) is 1.67. The summed E-state index contributed by atoms with van der Waals surface area (Å²) in [5.74, 6) is -2.55.